The minimum Gasteiger partial charge on any atom is -0.340 e. The zero-order valence-electron chi connectivity index (χ0n) is 15.8. The third kappa shape index (κ3) is 4.51. The first-order chi connectivity index (χ1) is 13.0. The van der Waals surface area contributed by atoms with Crippen molar-refractivity contribution in [2.45, 2.75) is 13.3 Å². The van der Waals surface area contributed by atoms with Crippen molar-refractivity contribution in [1.82, 2.24) is 4.98 Å². The lowest BCUT2D eigenvalue weighted by Gasteiger charge is -2.20. The van der Waals surface area contributed by atoms with Crippen molar-refractivity contribution >= 4 is 32.6 Å². The molecule has 0 fully saturated rings. The van der Waals surface area contributed by atoms with Gasteiger partial charge in [-0.1, -0.05) is 17.4 Å². The summed E-state index contributed by atoms with van der Waals surface area (Å²) >= 11 is 1.54. The molecule has 27 heavy (non-hydrogen) atoms. The standard InChI is InChI=1S/C21H22N4OS/c1-15-5-10-18-19(13-15)27-21(23-18)25(12-4-11-24(2)3)20(26)17-8-6-16(14-22)7-9-17/h5-10,13H,4,11-12H2,1-3H3/p+1. The van der Waals surface area contributed by atoms with Crippen LogP contribution >= 0.6 is 11.3 Å². The third-order valence-electron chi connectivity index (χ3n) is 4.33. The predicted octanol–water partition coefficient (Wildman–Crippen LogP) is 2.66. The van der Waals surface area contributed by atoms with Gasteiger partial charge in [-0.2, -0.15) is 5.26 Å². The Morgan fingerprint density at radius 2 is 1.96 bits per heavy atom. The molecule has 0 bridgehead atoms. The van der Waals surface area contributed by atoms with Gasteiger partial charge >= 0.3 is 0 Å². The van der Waals surface area contributed by atoms with Crippen molar-refractivity contribution in [3.63, 3.8) is 0 Å². The first-order valence-corrected chi connectivity index (χ1v) is 9.78. The number of hydrogen-bond donors (Lipinski definition) is 1. The van der Waals surface area contributed by atoms with Crippen LogP contribution in [-0.2, 0) is 0 Å². The fraction of sp³-hybridized carbons (Fsp3) is 0.286. The van der Waals surface area contributed by atoms with E-state index in [4.69, 9.17) is 10.2 Å². The van der Waals surface area contributed by atoms with Crippen molar-refractivity contribution in [2.24, 2.45) is 0 Å². The van der Waals surface area contributed by atoms with Crippen LogP contribution in [0.2, 0.25) is 0 Å². The van der Waals surface area contributed by atoms with Crippen LogP contribution in [0.1, 0.15) is 27.9 Å². The highest BCUT2D eigenvalue weighted by molar-refractivity contribution is 7.22. The molecule has 2 aromatic carbocycles. The average molecular weight is 380 g/mol. The number of carbonyl (C=O) groups is 1. The van der Waals surface area contributed by atoms with Gasteiger partial charge < -0.3 is 4.90 Å². The molecular weight excluding hydrogens is 356 g/mol. The molecule has 0 aliphatic heterocycles. The van der Waals surface area contributed by atoms with Gasteiger partial charge in [0.2, 0.25) is 0 Å². The first kappa shape index (κ1) is 19.0. The van der Waals surface area contributed by atoms with Crippen molar-refractivity contribution in [2.75, 3.05) is 32.1 Å². The van der Waals surface area contributed by atoms with Crippen LogP contribution in [0.15, 0.2) is 42.5 Å². The number of nitrogens with one attached hydrogen (secondary N) is 1. The van der Waals surface area contributed by atoms with Gasteiger partial charge in [0.15, 0.2) is 5.13 Å². The lowest BCUT2D eigenvalue weighted by Crippen LogP contribution is -3.05. The molecule has 0 unspecified atom stereocenters. The zero-order chi connectivity index (χ0) is 19.4. The molecule has 0 aliphatic carbocycles. The monoisotopic (exact) mass is 379 g/mol. The Bertz CT molecular complexity index is 986. The average Bonchev–Trinajstić information content (AvgIpc) is 3.07. The first-order valence-electron chi connectivity index (χ1n) is 8.96. The van der Waals surface area contributed by atoms with Crippen LogP contribution in [0.25, 0.3) is 10.2 Å². The number of quaternary nitrogens is 1. The number of carbonyl (C=O) groups excluding carboxylic acids is 1. The maximum Gasteiger partial charge on any atom is 0.260 e. The molecule has 1 aromatic heterocycles. The quantitative estimate of drug-likeness (QED) is 0.716. The van der Waals surface area contributed by atoms with Crippen molar-refractivity contribution in [3.8, 4) is 6.07 Å². The predicted molar refractivity (Wildman–Crippen MR) is 109 cm³/mol. The number of fused-ring (bicyclic) bond motifs is 1. The molecule has 0 saturated heterocycles. The number of aromatic nitrogens is 1. The van der Waals surface area contributed by atoms with E-state index in [0.717, 1.165) is 28.3 Å². The third-order valence-corrected chi connectivity index (χ3v) is 5.37. The Morgan fingerprint density at radius 1 is 1.22 bits per heavy atom. The maximum atomic E-state index is 13.2. The van der Waals surface area contributed by atoms with Gasteiger partial charge in [-0.3, -0.25) is 9.69 Å². The Balaban J connectivity index is 1.93. The van der Waals surface area contributed by atoms with Gasteiger partial charge in [-0.05, 0) is 48.9 Å². The lowest BCUT2D eigenvalue weighted by atomic mass is 10.1. The zero-order valence-corrected chi connectivity index (χ0v) is 16.6. The molecule has 3 aromatic rings. The fourth-order valence-corrected chi connectivity index (χ4v) is 3.94. The van der Waals surface area contributed by atoms with E-state index in [0.29, 0.717) is 17.7 Å². The SMILES string of the molecule is Cc1ccc2nc(N(CCC[NH+](C)C)C(=O)c3ccc(C#N)cc3)sc2c1. The number of hydrogen-bond acceptors (Lipinski definition) is 4. The van der Waals surface area contributed by atoms with Crippen LogP contribution in [-0.4, -0.2) is 38.1 Å². The summed E-state index contributed by atoms with van der Waals surface area (Å²) in [6.45, 7) is 3.64. The highest BCUT2D eigenvalue weighted by Gasteiger charge is 2.21. The van der Waals surface area contributed by atoms with Crippen molar-refractivity contribution in [1.29, 1.82) is 5.26 Å². The van der Waals surface area contributed by atoms with Gasteiger partial charge in [0.25, 0.3) is 5.91 Å². The minimum atomic E-state index is -0.0796. The Labute approximate surface area is 163 Å². The number of aryl methyl sites for hydroxylation is 1. The molecule has 5 nitrogen and oxygen atoms in total. The highest BCUT2D eigenvalue weighted by Crippen LogP contribution is 2.30. The second-order valence-corrected chi connectivity index (χ2v) is 7.93. The molecule has 138 valence electrons. The van der Waals surface area contributed by atoms with Crippen LogP contribution in [0.5, 0.6) is 0 Å². The van der Waals surface area contributed by atoms with Gasteiger partial charge in [0.05, 0.1) is 42.5 Å². The number of amides is 1. The van der Waals surface area contributed by atoms with E-state index < -0.39 is 0 Å². The van der Waals surface area contributed by atoms with Crippen LogP contribution in [0.3, 0.4) is 0 Å². The molecule has 0 aliphatic rings. The second-order valence-electron chi connectivity index (χ2n) is 6.92. The summed E-state index contributed by atoms with van der Waals surface area (Å²) in [5.74, 6) is -0.0796. The molecule has 0 saturated carbocycles. The molecule has 0 radical (unpaired) electrons. The number of nitrogens with zero attached hydrogens (tertiary/aromatic N) is 3. The van der Waals surface area contributed by atoms with E-state index >= 15 is 0 Å². The molecule has 0 spiro atoms. The fourth-order valence-electron chi connectivity index (χ4n) is 2.85. The summed E-state index contributed by atoms with van der Waals surface area (Å²) in [5, 5.41) is 9.69. The number of anilines is 1. The van der Waals surface area contributed by atoms with Gasteiger partial charge in [0.1, 0.15) is 0 Å². The smallest absolute Gasteiger partial charge is 0.260 e. The lowest BCUT2D eigenvalue weighted by molar-refractivity contribution is -0.858. The van der Waals surface area contributed by atoms with Crippen LogP contribution in [0.4, 0.5) is 5.13 Å². The Morgan fingerprint density at radius 3 is 2.63 bits per heavy atom. The molecule has 3 rings (SSSR count). The normalized spacial score (nSPS) is 10.9. The summed E-state index contributed by atoms with van der Waals surface area (Å²) < 4.78 is 1.08. The summed E-state index contributed by atoms with van der Waals surface area (Å²) in [7, 11) is 4.21. The number of rotatable bonds is 6. The van der Waals surface area contributed by atoms with Gasteiger partial charge in [-0.25, -0.2) is 4.98 Å². The summed E-state index contributed by atoms with van der Waals surface area (Å²) in [6.07, 6.45) is 0.888. The molecule has 1 heterocycles. The molecule has 1 amide bonds. The van der Waals surface area contributed by atoms with Crippen molar-refractivity contribution in [3.05, 3.63) is 59.2 Å². The largest absolute Gasteiger partial charge is 0.340 e. The second kappa shape index (κ2) is 8.30. The summed E-state index contributed by atoms with van der Waals surface area (Å²) in [5.41, 5.74) is 3.21. The number of benzene rings is 2. The molecule has 6 heteroatoms. The number of nitriles is 1. The minimum absolute atomic E-state index is 0.0796. The summed E-state index contributed by atoms with van der Waals surface area (Å²) in [4.78, 5) is 21.0. The van der Waals surface area contributed by atoms with E-state index in [2.05, 4.69) is 33.2 Å². The number of thiazole rings is 1. The molecular formula is C21H23N4OS+. The maximum absolute atomic E-state index is 13.2. The van der Waals surface area contributed by atoms with Gasteiger partial charge in [-0.15, -0.1) is 0 Å². The Hall–Kier alpha value is -2.75. The topological polar surface area (TPSA) is 61.4 Å². The Kier molecular flexibility index (Phi) is 5.84. The summed E-state index contributed by atoms with van der Waals surface area (Å²) in [6, 6.07) is 15.0. The molecule has 1 N–H and O–H groups in total. The van der Waals surface area contributed by atoms with Gasteiger partial charge in [0, 0.05) is 18.5 Å². The van der Waals surface area contributed by atoms with E-state index in [1.165, 1.54) is 10.5 Å². The van der Waals surface area contributed by atoms with Crippen LogP contribution < -0.4 is 9.80 Å². The van der Waals surface area contributed by atoms with E-state index in [9.17, 15) is 4.79 Å². The van der Waals surface area contributed by atoms with E-state index in [1.54, 1.807) is 40.5 Å². The highest BCUT2D eigenvalue weighted by atomic mass is 32.1. The van der Waals surface area contributed by atoms with Crippen molar-refractivity contribution < 1.29 is 9.69 Å². The van der Waals surface area contributed by atoms with Crippen LogP contribution in [0, 0.1) is 18.3 Å². The molecule has 0 atom stereocenters. The van der Waals surface area contributed by atoms with E-state index in [1.807, 2.05) is 12.1 Å². The van der Waals surface area contributed by atoms with E-state index in [-0.39, 0.29) is 5.91 Å².